The molecule has 1 aromatic rings. The third-order valence-electron chi connectivity index (χ3n) is 2.48. The highest BCUT2D eigenvalue weighted by atomic mass is 16.2. The zero-order valence-corrected chi connectivity index (χ0v) is 10.7. The van der Waals surface area contributed by atoms with Crippen LogP contribution < -0.4 is 16.4 Å². The predicted octanol–water partition coefficient (Wildman–Crippen LogP) is 1.91. The summed E-state index contributed by atoms with van der Waals surface area (Å²) in [6.45, 7) is 6.36. The molecule has 4 heteroatoms. The topological polar surface area (TPSA) is 67.2 Å². The van der Waals surface area contributed by atoms with Crippen LogP contribution in [0.25, 0.3) is 0 Å². The number of hydrogen-bond donors (Lipinski definition) is 3. The number of urea groups is 1. The molecule has 0 aromatic heterocycles. The molecule has 17 heavy (non-hydrogen) atoms. The third-order valence-corrected chi connectivity index (χ3v) is 2.48. The van der Waals surface area contributed by atoms with Crippen LogP contribution in [0.2, 0.25) is 0 Å². The molecule has 1 rings (SSSR count). The van der Waals surface area contributed by atoms with Crippen molar-refractivity contribution in [1.82, 2.24) is 10.6 Å². The fraction of sp³-hybridized carbons (Fsp3) is 0.462. The van der Waals surface area contributed by atoms with Crippen LogP contribution in [0, 0.1) is 0 Å². The first kappa shape index (κ1) is 13.5. The summed E-state index contributed by atoms with van der Waals surface area (Å²) >= 11 is 0. The number of rotatable bonds is 4. The number of nitrogens with one attached hydrogen (secondary N) is 2. The maximum atomic E-state index is 11.5. The minimum absolute atomic E-state index is 0.0134. The van der Waals surface area contributed by atoms with Crippen LogP contribution in [0.3, 0.4) is 0 Å². The summed E-state index contributed by atoms with van der Waals surface area (Å²) in [5, 5.41) is 5.68. The first-order valence-corrected chi connectivity index (χ1v) is 5.89. The van der Waals surface area contributed by atoms with Crippen LogP contribution in [0.15, 0.2) is 24.3 Å². The Hall–Kier alpha value is -1.55. The molecular weight excluding hydrogens is 214 g/mol. The number of carbonyl (C=O) groups is 1. The van der Waals surface area contributed by atoms with Crippen molar-refractivity contribution in [2.24, 2.45) is 5.73 Å². The van der Waals surface area contributed by atoms with E-state index in [2.05, 4.69) is 10.6 Å². The molecule has 2 amide bonds. The van der Waals surface area contributed by atoms with Crippen molar-refractivity contribution in [3.8, 4) is 0 Å². The minimum Gasteiger partial charge on any atom is -0.336 e. The molecular formula is C13H21N3O. The third kappa shape index (κ3) is 4.44. The van der Waals surface area contributed by atoms with Crippen LogP contribution in [-0.2, 0) is 6.54 Å². The molecule has 0 heterocycles. The summed E-state index contributed by atoms with van der Waals surface area (Å²) in [6.07, 6.45) is 0. The van der Waals surface area contributed by atoms with Crippen molar-refractivity contribution < 1.29 is 4.79 Å². The van der Waals surface area contributed by atoms with E-state index in [0.717, 1.165) is 11.1 Å². The van der Waals surface area contributed by atoms with Crippen LogP contribution in [0.4, 0.5) is 4.79 Å². The molecule has 1 aromatic carbocycles. The van der Waals surface area contributed by atoms with Gasteiger partial charge in [-0.2, -0.15) is 0 Å². The molecule has 4 N–H and O–H groups in total. The van der Waals surface area contributed by atoms with Crippen LogP contribution >= 0.6 is 0 Å². The maximum Gasteiger partial charge on any atom is 0.315 e. The van der Waals surface area contributed by atoms with Crippen molar-refractivity contribution >= 4 is 6.03 Å². The first-order valence-electron chi connectivity index (χ1n) is 5.89. The predicted molar refractivity (Wildman–Crippen MR) is 69.6 cm³/mol. The van der Waals surface area contributed by atoms with Gasteiger partial charge in [0.05, 0.1) is 6.04 Å². The van der Waals surface area contributed by atoms with Gasteiger partial charge in [0, 0.05) is 12.6 Å². The lowest BCUT2D eigenvalue weighted by molar-refractivity contribution is 0.235. The minimum atomic E-state index is -0.143. The van der Waals surface area contributed by atoms with E-state index in [1.807, 2.05) is 45.0 Å². The molecule has 94 valence electrons. The quantitative estimate of drug-likeness (QED) is 0.746. The van der Waals surface area contributed by atoms with Gasteiger partial charge in [-0.3, -0.25) is 0 Å². The van der Waals surface area contributed by atoms with Gasteiger partial charge in [0.2, 0.25) is 0 Å². The van der Waals surface area contributed by atoms with Gasteiger partial charge in [-0.1, -0.05) is 24.3 Å². The normalized spacial score (nSPS) is 12.3. The molecule has 1 atom stereocenters. The summed E-state index contributed by atoms with van der Waals surface area (Å²) < 4.78 is 0. The van der Waals surface area contributed by atoms with Crippen LogP contribution in [0.1, 0.15) is 37.9 Å². The molecule has 1 unspecified atom stereocenters. The second kappa shape index (κ2) is 6.25. The van der Waals surface area contributed by atoms with E-state index in [9.17, 15) is 4.79 Å². The van der Waals surface area contributed by atoms with Gasteiger partial charge in [0.1, 0.15) is 0 Å². The Balaban J connectivity index is 2.56. The Morgan fingerprint density at radius 2 is 1.76 bits per heavy atom. The van der Waals surface area contributed by atoms with E-state index < -0.39 is 0 Å². The van der Waals surface area contributed by atoms with Gasteiger partial charge in [-0.15, -0.1) is 0 Å². The summed E-state index contributed by atoms with van der Waals surface area (Å²) in [5.74, 6) is 0. The van der Waals surface area contributed by atoms with Gasteiger partial charge in [-0.05, 0) is 31.9 Å². The number of amides is 2. The summed E-state index contributed by atoms with van der Waals surface area (Å²) in [4.78, 5) is 11.5. The summed E-state index contributed by atoms with van der Waals surface area (Å²) in [7, 11) is 0. The lowest BCUT2D eigenvalue weighted by atomic mass is 10.1. The standard InChI is InChI=1S/C13H21N3O/c1-9(2)15-13(17)16-10(3)12-6-4-11(8-14)5-7-12/h4-7,9-10H,8,14H2,1-3H3,(H2,15,16,17). The second-order valence-corrected chi connectivity index (χ2v) is 4.44. The van der Waals surface area contributed by atoms with Crippen molar-refractivity contribution in [3.05, 3.63) is 35.4 Å². The Morgan fingerprint density at radius 1 is 1.18 bits per heavy atom. The van der Waals surface area contributed by atoms with E-state index in [1.165, 1.54) is 0 Å². The van der Waals surface area contributed by atoms with Gasteiger partial charge < -0.3 is 16.4 Å². The number of nitrogens with two attached hydrogens (primary N) is 1. The molecule has 0 saturated heterocycles. The van der Waals surface area contributed by atoms with Crippen molar-refractivity contribution in [2.75, 3.05) is 0 Å². The summed E-state index contributed by atoms with van der Waals surface area (Å²) in [6, 6.07) is 7.92. The molecule has 0 fully saturated rings. The number of carbonyl (C=O) groups excluding carboxylic acids is 1. The Morgan fingerprint density at radius 3 is 2.24 bits per heavy atom. The average molecular weight is 235 g/mol. The molecule has 0 spiro atoms. The van der Waals surface area contributed by atoms with Gasteiger partial charge >= 0.3 is 6.03 Å². The summed E-state index contributed by atoms with van der Waals surface area (Å²) in [5.41, 5.74) is 7.69. The van der Waals surface area contributed by atoms with E-state index in [-0.39, 0.29) is 18.1 Å². The molecule has 0 aliphatic carbocycles. The SMILES string of the molecule is CC(C)NC(=O)NC(C)c1ccc(CN)cc1. The molecule has 0 radical (unpaired) electrons. The van der Waals surface area contributed by atoms with Crippen molar-refractivity contribution in [1.29, 1.82) is 0 Å². The van der Waals surface area contributed by atoms with E-state index in [0.29, 0.717) is 6.54 Å². The van der Waals surface area contributed by atoms with Crippen molar-refractivity contribution in [2.45, 2.75) is 39.4 Å². The monoisotopic (exact) mass is 235 g/mol. The van der Waals surface area contributed by atoms with Crippen molar-refractivity contribution in [3.63, 3.8) is 0 Å². The highest BCUT2D eigenvalue weighted by Crippen LogP contribution is 2.12. The molecule has 0 bridgehead atoms. The highest BCUT2D eigenvalue weighted by Gasteiger charge is 2.09. The molecule has 0 saturated carbocycles. The smallest absolute Gasteiger partial charge is 0.315 e. The number of benzene rings is 1. The molecule has 4 nitrogen and oxygen atoms in total. The van der Waals surface area contributed by atoms with Gasteiger partial charge in [0.25, 0.3) is 0 Å². The fourth-order valence-electron chi connectivity index (χ4n) is 1.53. The Bertz CT molecular complexity index is 359. The molecule has 0 aliphatic heterocycles. The molecule has 0 aliphatic rings. The zero-order valence-electron chi connectivity index (χ0n) is 10.7. The van der Waals surface area contributed by atoms with E-state index >= 15 is 0 Å². The van der Waals surface area contributed by atoms with Gasteiger partial charge in [-0.25, -0.2) is 4.79 Å². The van der Waals surface area contributed by atoms with Gasteiger partial charge in [0.15, 0.2) is 0 Å². The van der Waals surface area contributed by atoms with E-state index in [1.54, 1.807) is 0 Å². The maximum absolute atomic E-state index is 11.5. The highest BCUT2D eigenvalue weighted by molar-refractivity contribution is 5.74. The Labute approximate surface area is 103 Å². The largest absolute Gasteiger partial charge is 0.336 e. The number of hydrogen-bond acceptors (Lipinski definition) is 2. The fourth-order valence-corrected chi connectivity index (χ4v) is 1.53. The zero-order chi connectivity index (χ0) is 12.8. The lowest BCUT2D eigenvalue weighted by Crippen LogP contribution is -2.40. The van der Waals surface area contributed by atoms with E-state index in [4.69, 9.17) is 5.73 Å². The van der Waals surface area contributed by atoms with Crippen LogP contribution in [-0.4, -0.2) is 12.1 Å². The Kier molecular flexibility index (Phi) is 4.97. The second-order valence-electron chi connectivity index (χ2n) is 4.44. The first-order chi connectivity index (χ1) is 8.02. The average Bonchev–Trinajstić information content (AvgIpc) is 2.28. The van der Waals surface area contributed by atoms with Crippen LogP contribution in [0.5, 0.6) is 0 Å². The lowest BCUT2D eigenvalue weighted by Gasteiger charge is -2.16.